The number of para-hydroxylation sites is 1. The molecular weight excluding hydrogens is 367 g/mol. The molecule has 2 amide bonds. The van der Waals surface area contributed by atoms with Gasteiger partial charge in [-0.1, -0.05) is 53.2 Å². The van der Waals surface area contributed by atoms with Crippen molar-refractivity contribution in [2.24, 2.45) is 0 Å². The Balaban J connectivity index is 1.94. The first-order chi connectivity index (χ1) is 11.3. The van der Waals surface area contributed by atoms with Gasteiger partial charge in [0.15, 0.2) is 4.75 Å². The molecule has 3 rings (SSSR count). The minimum absolute atomic E-state index is 0.248. The Morgan fingerprint density at radius 3 is 2.62 bits per heavy atom. The maximum Gasteiger partial charge on any atom is 0.252 e. The zero-order valence-corrected chi connectivity index (χ0v) is 15.3. The van der Waals surface area contributed by atoms with E-state index in [2.05, 4.69) is 5.32 Å². The summed E-state index contributed by atoms with van der Waals surface area (Å²) in [4.78, 5) is 28.0. The molecule has 0 bridgehead atoms. The summed E-state index contributed by atoms with van der Waals surface area (Å²) in [5, 5.41) is 3.31. The molecule has 0 radical (unpaired) electrons. The van der Waals surface area contributed by atoms with Gasteiger partial charge in [0.1, 0.15) is 0 Å². The number of rotatable bonds is 2. The average Bonchev–Trinajstić information content (AvgIpc) is 2.57. The second kappa shape index (κ2) is 6.31. The highest BCUT2D eigenvalue weighted by Crippen LogP contribution is 2.45. The van der Waals surface area contributed by atoms with Gasteiger partial charge in [0.25, 0.3) is 5.91 Å². The Hall–Kier alpha value is -1.69. The second-order valence-electron chi connectivity index (χ2n) is 5.52. The topological polar surface area (TPSA) is 49.4 Å². The summed E-state index contributed by atoms with van der Waals surface area (Å²) in [6.07, 6.45) is 0. The second-order valence-corrected chi connectivity index (χ2v) is 7.77. The molecule has 1 aliphatic rings. The van der Waals surface area contributed by atoms with Crippen LogP contribution >= 0.6 is 35.0 Å². The van der Waals surface area contributed by atoms with Crippen LogP contribution in [0.4, 0.5) is 11.4 Å². The van der Waals surface area contributed by atoms with Gasteiger partial charge in [-0.25, -0.2) is 0 Å². The van der Waals surface area contributed by atoms with Gasteiger partial charge in [-0.2, -0.15) is 0 Å². The fourth-order valence-electron chi connectivity index (χ4n) is 2.50. The SMILES string of the molecule is CN1C(=O)C(C)(C(=O)Nc2cccc(Cl)c2Cl)Sc2ccccc21. The number of carbonyl (C=O) groups excluding carboxylic acids is 2. The number of carbonyl (C=O) groups is 2. The van der Waals surface area contributed by atoms with Gasteiger partial charge in [0, 0.05) is 11.9 Å². The maximum absolute atomic E-state index is 12.8. The number of thioether (sulfide) groups is 1. The lowest BCUT2D eigenvalue weighted by molar-refractivity contribution is -0.128. The van der Waals surface area contributed by atoms with Crippen LogP contribution in [0.1, 0.15) is 6.92 Å². The van der Waals surface area contributed by atoms with Crippen molar-refractivity contribution in [2.45, 2.75) is 16.6 Å². The highest BCUT2D eigenvalue weighted by molar-refractivity contribution is 8.02. The third kappa shape index (κ3) is 2.77. The van der Waals surface area contributed by atoms with Crippen LogP contribution in [0.2, 0.25) is 10.0 Å². The predicted octanol–water partition coefficient (Wildman–Crippen LogP) is 4.46. The summed E-state index contributed by atoms with van der Waals surface area (Å²) in [6.45, 7) is 1.61. The number of fused-ring (bicyclic) bond motifs is 1. The normalized spacial score (nSPS) is 19.8. The largest absolute Gasteiger partial charge is 0.323 e. The van der Waals surface area contributed by atoms with E-state index in [1.54, 1.807) is 32.2 Å². The lowest BCUT2D eigenvalue weighted by Crippen LogP contribution is -2.53. The van der Waals surface area contributed by atoms with Crippen LogP contribution in [0.25, 0.3) is 0 Å². The molecule has 4 nitrogen and oxygen atoms in total. The molecule has 0 saturated carbocycles. The first-order valence-corrected chi connectivity index (χ1v) is 8.73. The van der Waals surface area contributed by atoms with Crippen molar-refractivity contribution in [3.05, 3.63) is 52.5 Å². The number of amides is 2. The Bertz CT molecular complexity index is 843. The Labute approximate surface area is 154 Å². The molecule has 1 unspecified atom stereocenters. The summed E-state index contributed by atoms with van der Waals surface area (Å²) >= 11 is 13.3. The van der Waals surface area contributed by atoms with E-state index < -0.39 is 10.7 Å². The minimum atomic E-state index is -1.30. The van der Waals surface area contributed by atoms with Gasteiger partial charge in [-0.15, -0.1) is 0 Å². The quantitative estimate of drug-likeness (QED) is 0.782. The lowest BCUT2D eigenvalue weighted by atomic mass is 10.1. The molecule has 1 aliphatic heterocycles. The number of nitrogens with zero attached hydrogens (tertiary/aromatic N) is 1. The maximum atomic E-state index is 12.8. The fourth-order valence-corrected chi connectivity index (χ4v) is 4.11. The third-order valence-electron chi connectivity index (χ3n) is 3.89. The van der Waals surface area contributed by atoms with Crippen molar-refractivity contribution in [3.63, 3.8) is 0 Å². The van der Waals surface area contributed by atoms with Crippen molar-refractivity contribution in [1.29, 1.82) is 0 Å². The number of benzene rings is 2. The Morgan fingerprint density at radius 1 is 1.17 bits per heavy atom. The first kappa shape index (κ1) is 17.1. The van der Waals surface area contributed by atoms with Crippen LogP contribution in [0.5, 0.6) is 0 Å². The van der Waals surface area contributed by atoms with E-state index in [0.717, 1.165) is 10.6 Å². The molecule has 0 aliphatic carbocycles. The molecule has 0 aromatic heterocycles. The lowest BCUT2D eigenvalue weighted by Gasteiger charge is -2.37. The van der Waals surface area contributed by atoms with Gasteiger partial charge in [0.05, 0.1) is 21.4 Å². The molecule has 7 heteroatoms. The van der Waals surface area contributed by atoms with Gasteiger partial charge in [-0.3, -0.25) is 9.59 Å². The summed E-state index contributed by atoms with van der Waals surface area (Å²) in [7, 11) is 1.67. The number of hydrogen-bond acceptors (Lipinski definition) is 3. The van der Waals surface area contributed by atoms with E-state index in [-0.39, 0.29) is 10.9 Å². The Morgan fingerprint density at radius 2 is 1.88 bits per heavy atom. The number of hydrogen-bond donors (Lipinski definition) is 1. The number of anilines is 2. The molecule has 1 atom stereocenters. The molecule has 2 aromatic carbocycles. The smallest absolute Gasteiger partial charge is 0.252 e. The molecule has 1 heterocycles. The van der Waals surface area contributed by atoms with Crippen molar-refractivity contribution in [2.75, 3.05) is 17.3 Å². The highest BCUT2D eigenvalue weighted by atomic mass is 35.5. The summed E-state index contributed by atoms with van der Waals surface area (Å²) < 4.78 is -1.30. The molecular formula is C17H14Cl2N2O2S. The first-order valence-electron chi connectivity index (χ1n) is 7.16. The van der Waals surface area contributed by atoms with E-state index in [4.69, 9.17) is 23.2 Å². The van der Waals surface area contributed by atoms with E-state index >= 15 is 0 Å². The van der Waals surface area contributed by atoms with Crippen molar-refractivity contribution in [1.82, 2.24) is 0 Å². The fraction of sp³-hybridized carbons (Fsp3) is 0.176. The minimum Gasteiger partial charge on any atom is -0.323 e. The van der Waals surface area contributed by atoms with Crippen LogP contribution in [0, 0.1) is 0 Å². The van der Waals surface area contributed by atoms with E-state index in [0.29, 0.717) is 10.7 Å². The standard InChI is InChI=1S/C17H14Cl2N2O2S/c1-17(15(22)20-11-7-5-6-10(18)14(11)19)16(23)21(2)12-8-3-4-9-13(12)24-17/h3-9H,1-2H3,(H,20,22). The zero-order valence-electron chi connectivity index (χ0n) is 13.0. The van der Waals surface area contributed by atoms with Gasteiger partial charge >= 0.3 is 0 Å². The van der Waals surface area contributed by atoms with Crippen LogP contribution in [-0.2, 0) is 9.59 Å². The van der Waals surface area contributed by atoms with Crippen LogP contribution in [-0.4, -0.2) is 23.6 Å². The number of nitrogens with one attached hydrogen (secondary N) is 1. The molecule has 1 N–H and O–H groups in total. The Kier molecular flexibility index (Phi) is 4.51. The molecule has 2 aromatic rings. The third-order valence-corrected chi connectivity index (χ3v) is 6.04. The average molecular weight is 381 g/mol. The summed E-state index contributed by atoms with van der Waals surface area (Å²) in [6, 6.07) is 12.4. The van der Waals surface area contributed by atoms with Gasteiger partial charge in [-0.05, 0) is 31.2 Å². The van der Waals surface area contributed by atoms with Crippen LogP contribution in [0.15, 0.2) is 47.4 Å². The zero-order chi connectivity index (χ0) is 17.5. The summed E-state index contributed by atoms with van der Waals surface area (Å²) in [5.41, 5.74) is 1.17. The molecule has 0 spiro atoms. The van der Waals surface area contributed by atoms with Crippen molar-refractivity contribution in [3.8, 4) is 0 Å². The van der Waals surface area contributed by atoms with Gasteiger partial charge < -0.3 is 10.2 Å². The van der Waals surface area contributed by atoms with Crippen LogP contribution < -0.4 is 10.2 Å². The predicted molar refractivity (Wildman–Crippen MR) is 99.2 cm³/mol. The summed E-state index contributed by atoms with van der Waals surface area (Å²) in [5.74, 6) is -0.732. The number of halogens is 2. The van der Waals surface area contributed by atoms with Crippen molar-refractivity contribution >= 4 is 58.2 Å². The van der Waals surface area contributed by atoms with E-state index in [9.17, 15) is 9.59 Å². The molecule has 124 valence electrons. The molecule has 0 fully saturated rings. The molecule has 0 saturated heterocycles. The molecule has 24 heavy (non-hydrogen) atoms. The monoisotopic (exact) mass is 380 g/mol. The van der Waals surface area contributed by atoms with Crippen LogP contribution in [0.3, 0.4) is 0 Å². The van der Waals surface area contributed by atoms with E-state index in [1.165, 1.54) is 16.7 Å². The van der Waals surface area contributed by atoms with E-state index in [1.807, 2.05) is 24.3 Å². The highest BCUT2D eigenvalue weighted by Gasteiger charge is 2.48. The van der Waals surface area contributed by atoms with Crippen molar-refractivity contribution < 1.29 is 9.59 Å². The van der Waals surface area contributed by atoms with Gasteiger partial charge in [0.2, 0.25) is 5.91 Å².